The van der Waals surface area contributed by atoms with Crippen LogP contribution in [0.25, 0.3) is 0 Å². The second kappa shape index (κ2) is 11.3. The van der Waals surface area contributed by atoms with Gasteiger partial charge in [0.25, 0.3) is 15.9 Å². The predicted octanol–water partition coefficient (Wildman–Crippen LogP) is 4.00. The third-order valence-electron chi connectivity index (χ3n) is 7.34. The van der Waals surface area contributed by atoms with Gasteiger partial charge in [-0.15, -0.1) is 11.3 Å². The summed E-state index contributed by atoms with van der Waals surface area (Å²) in [5.41, 5.74) is 0.467. The summed E-state index contributed by atoms with van der Waals surface area (Å²) in [6.07, 6.45) is 12.5. The zero-order valence-corrected chi connectivity index (χ0v) is 21.1. The average Bonchev–Trinajstić information content (AvgIpc) is 3.32. The Morgan fingerprint density at radius 2 is 1.45 bits per heavy atom. The molecule has 1 aliphatic carbocycles. The normalized spacial score (nSPS) is 22.5. The Kier molecular flexibility index (Phi) is 8.46. The third kappa shape index (κ3) is 6.17. The minimum Gasteiger partial charge on any atom is -0.353 e. The Hall–Kier alpha value is -1.45. The highest BCUT2D eigenvalue weighted by molar-refractivity contribution is 7.91. The zero-order chi connectivity index (χ0) is 23.3. The van der Waals surface area contributed by atoms with Crippen molar-refractivity contribution in [3.63, 3.8) is 0 Å². The maximum absolute atomic E-state index is 13.2. The van der Waals surface area contributed by atoms with Gasteiger partial charge in [0, 0.05) is 43.5 Å². The number of sulfonamides is 1. The fourth-order valence-electron chi connectivity index (χ4n) is 5.25. The lowest BCUT2D eigenvalue weighted by atomic mass is 9.94. The van der Waals surface area contributed by atoms with Crippen LogP contribution in [-0.2, 0) is 14.8 Å². The molecule has 2 saturated heterocycles. The standard InChI is InChI=1S/C24H37N3O4S2/c28-23(25-21-9-5-2-1-3-6-10-21)19-11-15-27(16-12-19)33(30,31)22-17-20(18-32-22)24(29)26-13-7-4-8-14-26/h17-19,21H,1-16H2,(H,25,28). The molecule has 0 aromatic carbocycles. The summed E-state index contributed by atoms with van der Waals surface area (Å²) in [4.78, 5) is 27.3. The Morgan fingerprint density at radius 3 is 2.12 bits per heavy atom. The molecule has 0 spiro atoms. The highest BCUT2D eigenvalue weighted by Gasteiger charge is 2.34. The first-order valence-corrected chi connectivity index (χ1v) is 15.0. The molecule has 1 aromatic heterocycles. The van der Waals surface area contributed by atoms with Crippen molar-refractivity contribution in [1.82, 2.24) is 14.5 Å². The van der Waals surface area contributed by atoms with Crippen molar-refractivity contribution in [1.29, 1.82) is 0 Å². The molecular weight excluding hydrogens is 458 g/mol. The minimum absolute atomic E-state index is 0.0722. The van der Waals surface area contributed by atoms with E-state index in [4.69, 9.17) is 0 Å². The van der Waals surface area contributed by atoms with Crippen molar-refractivity contribution in [2.45, 2.75) is 87.3 Å². The van der Waals surface area contributed by atoms with E-state index in [-0.39, 0.29) is 28.0 Å². The third-order valence-corrected chi connectivity index (χ3v) is 10.6. The largest absolute Gasteiger partial charge is 0.353 e. The van der Waals surface area contributed by atoms with E-state index < -0.39 is 10.0 Å². The Bertz CT molecular complexity index is 908. The van der Waals surface area contributed by atoms with Gasteiger partial charge >= 0.3 is 0 Å². The Labute approximate surface area is 202 Å². The number of carbonyl (C=O) groups excluding carboxylic acids is 2. The van der Waals surface area contributed by atoms with Crippen molar-refractivity contribution in [2.24, 2.45) is 5.92 Å². The number of nitrogens with zero attached hydrogens (tertiary/aromatic N) is 2. The molecule has 1 N–H and O–H groups in total. The van der Waals surface area contributed by atoms with Gasteiger partial charge in [0.1, 0.15) is 4.21 Å². The van der Waals surface area contributed by atoms with Crippen LogP contribution in [0.3, 0.4) is 0 Å². The SMILES string of the molecule is O=C(NC1CCCCCCC1)C1CCN(S(=O)(=O)c2cc(C(=O)N3CCCCC3)cs2)CC1. The van der Waals surface area contributed by atoms with E-state index >= 15 is 0 Å². The van der Waals surface area contributed by atoms with E-state index in [1.165, 1.54) is 42.5 Å². The summed E-state index contributed by atoms with van der Waals surface area (Å²) in [5.74, 6) is -0.110. The maximum atomic E-state index is 13.2. The molecule has 184 valence electrons. The lowest BCUT2D eigenvalue weighted by molar-refractivity contribution is -0.127. The topological polar surface area (TPSA) is 86.8 Å². The quantitative estimate of drug-likeness (QED) is 0.669. The number of hydrogen-bond acceptors (Lipinski definition) is 5. The van der Waals surface area contributed by atoms with Gasteiger partial charge in [0.05, 0.1) is 5.56 Å². The molecule has 0 radical (unpaired) electrons. The van der Waals surface area contributed by atoms with Gasteiger partial charge in [0.15, 0.2) is 0 Å². The van der Waals surface area contributed by atoms with Gasteiger partial charge in [-0.3, -0.25) is 9.59 Å². The molecule has 0 atom stereocenters. The van der Waals surface area contributed by atoms with E-state index in [1.807, 2.05) is 4.90 Å². The second-order valence-corrected chi connectivity index (χ2v) is 12.8. The van der Waals surface area contributed by atoms with Crippen LogP contribution in [0.2, 0.25) is 0 Å². The van der Waals surface area contributed by atoms with Crippen LogP contribution in [0.15, 0.2) is 15.7 Å². The fraction of sp³-hybridized carbons (Fsp3) is 0.750. The van der Waals surface area contributed by atoms with Gasteiger partial charge < -0.3 is 10.2 Å². The molecule has 0 bridgehead atoms. The van der Waals surface area contributed by atoms with Gasteiger partial charge in [-0.25, -0.2) is 8.42 Å². The first-order chi connectivity index (χ1) is 15.9. The number of hydrogen-bond donors (Lipinski definition) is 1. The van der Waals surface area contributed by atoms with Crippen LogP contribution in [0.1, 0.15) is 87.4 Å². The Balaban J connectivity index is 1.31. The number of thiophene rings is 1. The van der Waals surface area contributed by atoms with Gasteiger partial charge in [-0.1, -0.05) is 32.1 Å². The number of rotatable bonds is 5. The first-order valence-electron chi connectivity index (χ1n) is 12.6. The maximum Gasteiger partial charge on any atom is 0.254 e. The van der Waals surface area contributed by atoms with Crippen molar-refractivity contribution < 1.29 is 18.0 Å². The first kappa shape index (κ1) is 24.7. The summed E-state index contributed by atoms with van der Waals surface area (Å²) in [5, 5.41) is 4.91. The molecule has 1 saturated carbocycles. The Morgan fingerprint density at radius 1 is 0.848 bits per heavy atom. The average molecular weight is 496 g/mol. The molecule has 3 aliphatic rings. The fourth-order valence-corrected chi connectivity index (χ4v) is 8.02. The van der Waals surface area contributed by atoms with Gasteiger partial charge in [-0.2, -0.15) is 4.31 Å². The summed E-state index contributed by atoms with van der Waals surface area (Å²) >= 11 is 1.12. The zero-order valence-electron chi connectivity index (χ0n) is 19.5. The van der Waals surface area contributed by atoms with E-state index in [0.717, 1.165) is 56.5 Å². The summed E-state index contributed by atoms with van der Waals surface area (Å²) in [6, 6.07) is 1.80. The molecule has 0 unspecified atom stereocenters. The molecule has 33 heavy (non-hydrogen) atoms. The number of piperidine rings is 2. The molecule has 3 fully saturated rings. The van der Waals surface area contributed by atoms with Gasteiger partial charge in [-0.05, 0) is 51.0 Å². The highest BCUT2D eigenvalue weighted by Crippen LogP contribution is 2.29. The minimum atomic E-state index is -3.64. The molecule has 4 rings (SSSR count). The summed E-state index contributed by atoms with van der Waals surface area (Å²) < 4.78 is 28.1. The van der Waals surface area contributed by atoms with Crippen molar-refractivity contribution >= 4 is 33.2 Å². The number of nitrogens with one attached hydrogen (secondary N) is 1. The molecule has 9 heteroatoms. The molecule has 1 aromatic rings. The van der Waals surface area contributed by atoms with Crippen LogP contribution in [0.5, 0.6) is 0 Å². The van der Waals surface area contributed by atoms with E-state index in [2.05, 4.69) is 5.32 Å². The van der Waals surface area contributed by atoms with Crippen LogP contribution in [-0.4, -0.2) is 61.7 Å². The van der Waals surface area contributed by atoms with Crippen LogP contribution >= 0.6 is 11.3 Å². The van der Waals surface area contributed by atoms with Crippen molar-refractivity contribution in [2.75, 3.05) is 26.2 Å². The summed E-state index contributed by atoms with van der Waals surface area (Å²) in [6.45, 7) is 2.18. The molecular formula is C24H37N3O4S2. The number of carbonyl (C=O) groups is 2. The highest BCUT2D eigenvalue weighted by atomic mass is 32.2. The smallest absolute Gasteiger partial charge is 0.254 e. The summed E-state index contributed by atoms with van der Waals surface area (Å²) in [7, 11) is -3.64. The predicted molar refractivity (Wildman–Crippen MR) is 130 cm³/mol. The van der Waals surface area contributed by atoms with E-state index in [0.29, 0.717) is 31.5 Å². The lowest BCUT2D eigenvalue weighted by Gasteiger charge is -2.31. The number of likely N-dealkylation sites (tertiary alicyclic amines) is 1. The number of amides is 2. The van der Waals surface area contributed by atoms with Gasteiger partial charge in [0.2, 0.25) is 5.91 Å². The van der Waals surface area contributed by atoms with Crippen LogP contribution in [0.4, 0.5) is 0 Å². The van der Waals surface area contributed by atoms with Crippen LogP contribution in [0, 0.1) is 5.92 Å². The molecule has 2 amide bonds. The van der Waals surface area contributed by atoms with E-state index in [1.54, 1.807) is 5.38 Å². The van der Waals surface area contributed by atoms with E-state index in [9.17, 15) is 18.0 Å². The monoisotopic (exact) mass is 495 g/mol. The van der Waals surface area contributed by atoms with Crippen molar-refractivity contribution in [3.8, 4) is 0 Å². The van der Waals surface area contributed by atoms with Crippen molar-refractivity contribution in [3.05, 3.63) is 17.0 Å². The van der Waals surface area contributed by atoms with Crippen LogP contribution < -0.4 is 5.32 Å². The second-order valence-electron chi connectivity index (χ2n) is 9.74. The molecule has 2 aliphatic heterocycles. The molecule has 3 heterocycles. The lowest BCUT2D eigenvalue weighted by Crippen LogP contribution is -2.45. The molecule has 7 nitrogen and oxygen atoms in total.